The maximum Gasteiger partial charge on any atom is 0.119 e. The Labute approximate surface area is 162 Å². The number of rotatable bonds is 6. The van der Waals surface area contributed by atoms with E-state index in [-0.39, 0.29) is 0 Å². The molecule has 0 aliphatic carbocycles. The van der Waals surface area contributed by atoms with E-state index in [1.807, 2.05) is 6.07 Å². The Balaban J connectivity index is 1.48. The lowest BCUT2D eigenvalue weighted by molar-refractivity contribution is 0.244. The molecule has 1 saturated heterocycles. The summed E-state index contributed by atoms with van der Waals surface area (Å²) in [5.74, 6) is 1.52. The van der Waals surface area contributed by atoms with Gasteiger partial charge in [0.05, 0.1) is 7.11 Å². The predicted molar refractivity (Wildman–Crippen MR) is 113 cm³/mol. The highest BCUT2D eigenvalue weighted by molar-refractivity contribution is 5.84. The molecule has 2 aromatic carbocycles. The number of nitrogens with zero attached hydrogens (tertiary/aromatic N) is 1. The highest BCUT2D eigenvalue weighted by Crippen LogP contribution is 2.29. The summed E-state index contributed by atoms with van der Waals surface area (Å²) in [6.07, 6.45) is 5.84. The second kappa shape index (κ2) is 7.77. The highest BCUT2D eigenvalue weighted by atomic mass is 16.5. The molecule has 1 aliphatic rings. The zero-order valence-electron chi connectivity index (χ0n) is 16.7. The van der Waals surface area contributed by atoms with Gasteiger partial charge in [-0.25, -0.2) is 0 Å². The maximum absolute atomic E-state index is 5.42. The minimum absolute atomic E-state index is 0.595. The van der Waals surface area contributed by atoms with Crippen LogP contribution in [0.4, 0.5) is 0 Å². The fourth-order valence-corrected chi connectivity index (χ4v) is 4.28. The standard InChI is InChI=1S/C24H30N2O/c1-17(2)19-8-6-18(7-9-19)16-26-12-4-5-21(26)13-20-15-25-24-11-10-22(27-3)14-23(20)24/h6-11,14-15,17,21,25H,4-5,12-13,16H2,1-3H3. The second-order valence-corrected chi connectivity index (χ2v) is 8.09. The monoisotopic (exact) mass is 362 g/mol. The van der Waals surface area contributed by atoms with Crippen LogP contribution in [0.3, 0.4) is 0 Å². The average molecular weight is 363 g/mol. The van der Waals surface area contributed by atoms with E-state index in [2.05, 4.69) is 66.3 Å². The van der Waals surface area contributed by atoms with Crippen molar-refractivity contribution in [3.05, 3.63) is 65.4 Å². The van der Waals surface area contributed by atoms with Gasteiger partial charge in [-0.1, -0.05) is 38.1 Å². The van der Waals surface area contributed by atoms with E-state index in [9.17, 15) is 0 Å². The molecule has 0 bridgehead atoms. The molecule has 3 nitrogen and oxygen atoms in total. The van der Waals surface area contributed by atoms with E-state index in [4.69, 9.17) is 4.74 Å². The van der Waals surface area contributed by atoms with Crippen LogP contribution < -0.4 is 4.74 Å². The van der Waals surface area contributed by atoms with Gasteiger partial charge >= 0.3 is 0 Å². The Bertz CT molecular complexity index is 894. The van der Waals surface area contributed by atoms with E-state index >= 15 is 0 Å². The van der Waals surface area contributed by atoms with Crippen molar-refractivity contribution < 1.29 is 4.74 Å². The van der Waals surface area contributed by atoms with Crippen molar-refractivity contribution in [2.24, 2.45) is 0 Å². The molecular weight excluding hydrogens is 332 g/mol. The lowest BCUT2D eigenvalue weighted by Crippen LogP contribution is -2.30. The van der Waals surface area contributed by atoms with Crippen molar-refractivity contribution in [1.29, 1.82) is 0 Å². The summed E-state index contributed by atoms with van der Waals surface area (Å²) in [6.45, 7) is 6.75. The summed E-state index contributed by atoms with van der Waals surface area (Å²) >= 11 is 0. The first kappa shape index (κ1) is 18.1. The topological polar surface area (TPSA) is 28.3 Å². The first-order valence-corrected chi connectivity index (χ1v) is 10.1. The zero-order valence-corrected chi connectivity index (χ0v) is 16.7. The van der Waals surface area contributed by atoms with Crippen LogP contribution in [0, 0.1) is 0 Å². The number of likely N-dealkylation sites (tertiary alicyclic amines) is 1. The van der Waals surface area contributed by atoms with Crippen LogP contribution in [0.2, 0.25) is 0 Å². The van der Waals surface area contributed by atoms with Crippen molar-refractivity contribution in [3.8, 4) is 5.75 Å². The number of H-pyrrole nitrogens is 1. The number of hydrogen-bond donors (Lipinski definition) is 1. The zero-order chi connectivity index (χ0) is 18.8. The average Bonchev–Trinajstić information content (AvgIpc) is 3.29. The summed E-state index contributed by atoms with van der Waals surface area (Å²) < 4.78 is 5.42. The molecule has 1 aliphatic heterocycles. The Kier molecular flexibility index (Phi) is 5.22. The Hall–Kier alpha value is -2.26. The molecule has 1 aromatic heterocycles. The van der Waals surface area contributed by atoms with Gasteiger partial charge in [0, 0.05) is 29.7 Å². The third-order valence-corrected chi connectivity index (χ3v) is 5.96. The maximum atomic E-state index is 5.42. The third kappa shape index (κ3) is 3.89. The molecule has 142 valence electrons. The molecule has 0 spiro atoms. The quantitative estimate of drug-likeness (QED) is 0.626. The molecule has 0 amide bonds. The number of ether oxygens (including phenoxy) is 1. The molecule has 1 fully saturated rings. The van der Waals surface area contributed by atoms with Crippen LogP contribution in [0.1, 0.15) is 49.3 Å². The largest absolute Gasteiger partial charge is 0.497 e. The molecule has 3 heteroatoms. The normalized spacial score (nSPS) is 17.9. The van der Waals surface area contributed by atoms with Crippen LogP contribution >= 0.6 is 0 Å². The van der Waals surface area contributed by atoms with Crippen LogP contribution in [0.15, 0.2) is 48.7 Å². The number of aromatic nitrogens is 1. The number of aromatic amines is 1. The predicted octanol–water partition coefficient (Wildman–Crippen LogP) is 5.51. The number of fused-ring (bicyclic) bond motifs is 1. The van der Waals surface area contributed by atoms with E-state index in [1.54, 1.807) is 7.11 Å². The number of nitrogens with one attached hydrogen (secondary N) is 1. The summed E-state index contributed by atoms with van der Waals surface area (Å²) in [4.78, 5) is 6.08. The minimum Gasteiger partial charge on any atom is -0.497 e. The Morgan fingerprint density at radius 2 is 1.96 bits per heavy atom. The summed E-state index contributed by atoms with van der Waals surface area (Å²) in [6, 6.07) is 16.1. The fraction of sp³-hybridized carbons (Fsp3) is 0.417. The smallest absolute Gasteiger partial charge is 0.119 e. The molecule has 4 rings (SSSR count). The molecule has 27 heavy (non-hydrogen) atoms. The molecular formula is C24H30N2O. The molecule has 1 atom stereocenters. The summed E-state index contributed by atoms with van der Waals surface area (Å²) in [5.41, 5.74) is 5.44. The lowest BCUT2D eigenvalue weighted by atomic mass is 10.0. The second-order valence-electron chi connectivity index (χ2n) is 8.09. The van der Waals surface area contributed by atoms with Gasteiger partial charge in [0.25, 0.3) is 0 Å². The van der Waals surface area contributed by atoms with Gasteiger partial charge in [0.1, 0.15) is 5.75 Å². The first-order valence-electron chi connectivity index (χ1n) is 10.1. The Morgan fingerprint density at radius 3 is 2.70 bits per heavy atom. The lowest BCUT2D eigenvalue weighted by Gasteiger charge is -2.24. The van der Waals surface area contributed by atoms with E-state index in [0.29, 0.717) is 12.0 Å². The molecule has 1 N–H and O–H groups in total. The van der Waals surface area contributed by atoms with Gasteiger partial charge < -0.3 is 9.72 Å². The van der Waals surface area contributed by atoms with E-state index in [0.717, 1.165) is 18.7 Å². The van der Waals surface area contributed by atoms with Gasteiger partial charge in [-0.2, -0.15) is 0 Å². The fourth-order valence-electron chi connectivity index (χ4n) is 4.28. The molecule has 0 saturated carbocycles. The summed E-state index contributed by atoms with van der Waals surface area (Å²) in [7, 11) is 1.73. The van der Waals surface area contributed by atoms with Crippen molar-refractivity contribution in [2.45, 2.75) is 51.6 Å². The van der Waals surface area contributed by atoms with E-state index < -0.39 is 0 Å². The SMILES string of the molecule is COc1ccc2[nH]cc(CC3CCCN3Cc3ccc(C(C)C)cc3)c2c1. The summed E-state index contributed by atoms with van der Waals surface area (Å²) in [5, 5.41) is 1.29. The molecule has 3 aromatic rings. The van der Waals surface area contributed by atoms with Gasteiger partial charge in [0.2, 0.25) is 0 Å². The number of methoxy groups -OCH3 is 1. The molecule has 2 heterocycles. The Morgan fingerprint density at radius 1 is 1.15 bits per heavy atom. The number of hydrogen-bond acceptors (Lipinski definition) is 2. The van der Waals surface area contributed by atoms with Crippen LogP contribution in [-0.2, 0) is 13.0 Å². The van der Waals surface area contributed by atoms with Crippen LogP contribution in [-0.4, -0.2) is 29.6 Å². The van der Waals surface area contributed by atoms with Gasteiger partial charge in [0.15, 0.2) is 0 Å². The molecule has 0 radical (unpaired) electrons. The van der Waals surface area contributed by atoms with E-state index in [1.165, 1.54) is 47.0 Å². The minimum atomic E-state index is 0.595. The van der Waals surface area contributed by atoms with Crippen molar-refractivity contribution in [1.82, 2.24) is 9.88 Å². The van der Waals surface area contributed by atoms with Gasteiger partial charge in [-0.15, -0.1) is 0 Å². The third-order valence-electron chi connectivity index (χ3n) is 5.96. The first-order chi connectivity index (χ1) is 13.1. The van der Waals surface area contributed by atoms with Crippen LogP contribution in [0.25, 0.3) is 10.9 Å². The number of benzene rings is 2. The van der Waals surface area contributed by atoms with Gasteiger partial charge in [-0.05, 0) is 66.6 Å². The van der Waals surface area contributed by atoms with Crippen molar-refractivity contribution >= 4 is 10.9 Å². The van der Waals surface area contributed by atoms with Crippen LogP contribution in [0.5, 0.6) is 5.75 Å². The molecule has 1 unspecified atom stereocenters. The van der Waals surface area contributed by atoms with Crippen molar-refractivity contribution in [2.75, 3.05) is 13.7 Å². The highest BCUT2D eigenvalue weighted by Gasteiger charge is 2.25. The van der Waals surface area contributed by atoms with Gasteiger partial charge in [-0.3, -0.25) is 4.90 Å². The van der Waals surface area contributed by atoms with Crippen molar-refractivity contribution in [3.63, 3.8) is 0 Å².